The lowest BCUT2D eigenvalue weighted by Crippen LogP contribution is -2.22. The lowest BCUT2D eigenvalue weighted by Gasteiger charge is -2.26. The molecule has 4 aromatic rings. The van der Waals surface area contributed by atoms with Gasteiger partial charge in [0.25, 0.3) is 0 Å². The quantitative estimate of drug-likeness (QED) is 0.352. The smallest absolute Gasteiger partial charge is 0.312 e. The van der Waals surface area contributed by atoms with Gasteiger partial charge in [0.2, 0.25) is 0 Å². The Morgan fingerprint density at radius 1 is 1.03 bits per heavy atom. The number of phenolic OH excluding ortho intramolecular Hbond substituents is 2. The molecule has 1 aliphatic rings. The highest BCUT2D eigenvalue weighted by Gasteiger charge is 2.33. The third-order valence-corrected chi connectivity index (χ3v) is 5.64. The Kier molecular flexibility index (Phi) is 4.78. The Morgan fingerprint density at radius 3 is 2.58 bits per heavy atom. The molecule has 0 radical (unpaired) electrons. The van der Waals surface area contributed by atoms with Crippen LogP contribution in [-0.2, 0) is 4.79 Å². The number of esters is 1. The minimum absolute atomic E-state index is 0.0181. The number of fused-ring (bicyclic) bond motifs is 3. The average molecular weight is 448 g/mol. The van der Waals surface area contributed by atoms with E-state index in [1.54, 1.807) is 12.1 Å². The fourth-order valence-corrected chi connectivity index (χ4v) is 4.15. The third kappa shape index (κ3) is 3.45. The fraction of sp³-hybridized carbons (Fsp3) is 0.120. The number of phenols is 2. The molecule has 1 unspecified atom stereocenters. The predicted molar refractivity (Wildman–Crippen MR) is 116 cm³/mol. The number of hydrogen-bond donors (Lipinski definition) is 2. The van der Waals surface area contributed by atoms with Gasteiger partial charge in [0.1, 0.15) is 34.0 Å². The van der Waals surface area contributed by atoms with Gasteiger partial charge < -0.3 is 24.1 Å². The first-order valence-corrected chi connectivity index (χ1v) is 10.0. The predicted octanol–water partition coefficient (Wildman–Crippen LogP) is 4.46. The Labute approximate surface area is 186 Å². The summed E-state index contributed by atoms with van der Waals surface area (Å²) in [6, 6.07) is 12.7. The van der Waals surface area contributed by atoms with Crippen LogP contribution in [0.15, 0.2) is 63.8 Å². The van der Waals surface area contributed by atoms with Crippen LogP contribution in [-0.4, -0.2) is 23.3 Å². The zero-order valence-corrected chi connectivity index (χ0v) is 17.3. The molecule has 0 bridgehead atoms. The normalized spacial score (nSPS) is 15.2. The monoisotopic (exact) mass is 448 g/mol. The Hall–Kier alpha value is -4.33. The highest BCUT2D eigenvalue weighted by atomic mass is 19.1. The van der Waals surface area contributed by atoms with E-state index >= 15 is 0 Å². The number of methoxy groups -OCH3 is 1. The molecule has 166 valence electrons. The minimum Gasteiger partial charge on any atom is -0.507 e. The fourth-order valence-electron chi connectivity index (χ4n) is 4.15. The second kappa shape index (κ2) is 7.67. The maximum Gasteiger partial charge on any atom is 0.312 e. The summed E-state index contributed by atoms with van der Waals surface area (Å²) in [5, 5.41) is 20.6. The molecule has 0 amide bonds. The summed E-state index contributed by atoms with van der Waals surface area (Å²) in [5.74, 6) is -1.87. The second-order valence-corrected chi connectivity index (χ2v) is 7.66. The molecule has 1 atom stereocenters. The Bertz CT molecular complexity index is 1490. The molecular weight excluding hydrogens is 431 g/mol. The van der Waals surface area contributed by atoms with Crippen molar-refractivity contribution in [1.82, 2.24) is 0 Å². The summed E-state index contributed by atoms with van der Waals surface area (Å²) in [5.41, 5.74) is 0.723. The van der Waals surface area contributed by atoms with Crippen LogP contribution in [0.4, 0.5) is 4.39 Å². The number of ether oxygens (including phenoxy) is 2. The van der Waals surface area contributed by atoms with Crippen molar-refractivity contribution < 1.29 is 33.3 Å². The topological polar surface area (TPSA) is 106 Å². The molecule has 2 heterocycles. The van der Waals surface area contributed by atoms with Crippen molar-refractivity contribution >= 4 is 16.9 Å². The summed E-state index contributed by atoms with van der Waals surface area (Å²) < 4.78 is 30.4. The molecule has 0 saturated heterocycles. The largest absolute Gasteiger partial charge is 0.507 e. The molecule has 1 aliphatic heterocycles. The van der Waals surface area contributed by atoms with Gasteiger partial charge in [0, 0.05) is 29.2 Å². The van der Waals surface area contributed by atoms with Crippen LogP contribution in [0.2, 0.25) is 0 Å². The van der Waals surface area contributed by atoms with Crippen LogP contribution in [0, 0.1) is 5.82 Å². The van der Waals surface area contributed by atoms with Crippen molar-refractivity contribution in [2.24, 2.45) is 0 Å². The van der Waals surface area contributed by atoms with Crippen LogP contribution in [0.5, 0.6) is 23.0 Å². The van der Waals surface area contributed by atoms with Gasteiger partial charge in [-0.15, -0.1) is 0 Å². The van der Waals surface area contributed by atoms with E-state index in [0.717, 1.165) is 0 Å². The summed E-state index contributed by atoms with van der Waals surface area (Å²) in [6.45, 7) is 0. The van der Waals surface area contributed by atoms with E-state index in [1.165, 1.54) is 49.6 Å². The summed E-state index contributed by atoms with van der Waals surface area (Å²) >= 11 is 0. The van der Waals surface area contributed by atoms with Gasteiger partial charge in [-0.25, -0.2) is 4.39 Å². The van der Waals surface area contributed by atoms with Crippen molar-refractivity contribution in [3.63, 3.8) is 0 Å². The van der Waals surface area contributed by atoms with E-state index in [9.17, 15) is 24.2 Å². The summed E-state index contributed by atoms with van der Waals surface area (Å²) in [7, 11) is 1.41. The molecule has 0 fully saturated rings. The number of hydrogen-bond acceptors (Lipinski definition) is 7. The van der Waals surface area contributed by atoms with Crippen LogP contribution < -0.4 is 14.9 Å². The highest BCUT2D eigenvalue weighted by molar-refractivity contribution is 5.93. The maximum absolute atomic E-state index is 14.0. The van der Waals surface area contributed by atoms with Gasteiger partial charge >= 0.3 is 5.97 Å². The highest BCUT2D eigenvalue weighted by Crippen LogP contribution is 2.46. The molecular formula is C25H17FO7. The Morgan fingerprint density at radius 2 is 1.85 bits per heavy atom. The molecule has 2 N–H and O–H groups in total. The van der Waals surface area contributed by atoms with Crippen LogP contribution in [0.3, 0.4) is 0 Å². The maximum atomic E-state index is 14.0. The molecule has 5 rings (SSSR count). The van der Waals surface area contributed by atoms with Crippen molar-refractivity contribution in [2.75, 3.05) is 7.11 Å². The van der Waals surface area contributed by atoms with Crippen LogP contribution in [0.1, 0.15) is 23.5 Å². The number of rotatable bonds is 3. The lowest BCUT2D eigenvalue weighted by atomic mass is 9.85. The molecule has 33 heavy (non-hydrogen) atoms. The van der Waals surface area contributed by atoms with Gasteiger partial charge in [-0.05, 0) is 35.9 Å². The molecule has 0 spiro atoms. The molecule has 1 aromatic heterocycles. The zero-order chi connectivity index (χ0) is 23.3. The van der Waals surface area contributed by atoms with E-state index in [-0.39, 0.29) is 40.4 Å². The molecule has 3 aromatic carbocycles. The summed E-state index contributed by atoms with van der Waals surface area (Å²) in [6.07, 6.45) is -0.104. The Balaban J connectivity index is 1.80. The summed E-state index contributed by atoms with van der Waals surface area (Å²) in [4.78, 5) is 25.2. The van der Waals surface area contributed by atoms with Crippen LogP contribution in [0.25, 0.3) is 22.3 Å². The van der Waals surface area contributed by atoms with Gasteiger partial charge in [0.15, 0.2) is 16.9 Å². The standard InChI is InChI=1S/C25H17FO7/c1-31-19-6-5-13(8-16(19)27)20-10-17(28)24-18(29)11-21-23(25(24)33-20)15(9-22(30)32-21)12-3-2-4-14(26)7-12/h2-8,10-11,15,27,29H,9H2,1H3. The van der Waals surface area contributed by atoms with E-state index in [4.69, 9.17) is 13.9 Å². The van der Waals surface area contributed by atoms with Gasteiger partial charge in [-0.1, -0.05) is 12.1 Å². The van der Waals surface area contributed by atoms with Crippen molar-refractivity contribution in [3.8, 4) is 34.3 Å². The molecule has 0 aliphatic carbocycles. The van der Waals surface area contributed by atoms with E-state index < -0.39 is 28.9 Å². The minimum atomic E-state index is -0.664. The van der Waals surface area contributed by atoms with Crippen molar-refractivity contribution in [3.05, 3.63) is 81.8 Å². The molecule has 8 heteroatoms. The number of carbonyl (C=O) groups excluding carboxylic acids is 1. The zero-order valence-electron chi connectivity index (χ0n) is 17.3. The number of halogens is 1. The second-order valence-electron chi connectivity index (χ2n) is 7.66. The lowest BCUT2D eigenvalue weighted by molar-refractivity contribution is -0.135. The molecule has 7 nitrogen and oxygen atoms in total. The van der Waals surface area contributed by atoms with Crippen molar-refractivity contribution in [1.29, 1.82) is 0 Å². The first kappa shape index (κ1) is 20.6. The average Bonchev–Trinajstić information content (AvgIpc) is 2.77. The van der Waals surface area contributed by atoms with Gasteiger partial charge in [0.05, 0.1) is 13.5 Å². The van der Waals surface area contributed by atoms with Crippen molar-refractivity contribution in [2.45, 2.75) is 12.3 Å². The van der Waals surface area contributed by atoms with E-state index in [2.05, 4.69) is 0 Å². The number of carbonyl (C=O) groups is 1. The SMILES string of the molecule is COc1ccc(-c2cc(=O)c3c(O)cc4c(c3o2)C(c2cccc(F)c2)CC(=O)O4)cc1O. The van der Waals surface area contributed by atoms with E-state index in [0.29, 0.717) is 16.7 Å². The van der Waals surface area contributed by atoms with Gasteiger partial charge in [-0.2, -0.15) is 0 Å². The number of benzene rings is 3. The number of aromatic hydroxyl groups is 2. The third-order valence-electron chi connectivity index (χ3n) is 5.64. The first-order valence-electron chi connectivity index (χ1n) is 10.0. The van der Waals surface area contributed by atoms with Crippen LogP contribution >= 0.6 is 0 Å². The first-order chi connectivity index (χ1) is 15.9. The molecule has 0 saturated carbocycles. The van der Waals surface area contributed by atoms with E-state index in [1.807, 2.05) is 0 Å². The van der Waals surface area contributed by atoms with Gasteiger partial charge in [-0.3, -0.25) is 9.59 Å².